The van der Waals surface area contributed by atoms with Crippen LogP contribution in [0.15, 0.2) is 51.8 Å². The SMILES string of the molecule is Cc1oc(-c2ccco2)nc1CN[C@@H](C)c1ccncc1. The molecule has 0 unspecified atom stereocenters. The lowest BCUT2D eigenvalue weighted by Crippen LogP contribution is -2.18. The molecule has 3 heterocycles. The second-order valence-electron chi connectivity index (χ2n) is 4.88. The highest BCUT2D eigenvalue weighted by atomic mass is 16.4. The highest BCUT2D eigenvalue weighted by molar-refractivity contribution is 5.44. The molecule has 21 heavy (non-hydrogen) atoms. The van der Waals surface area contributed by atoms with Crippen molar-refractivity contribution >= 4 is 0 Å². The van der Waals surface area contributed by atoms with Crippen molar-refractivity contribution in [3.8, 4) is 11.7 Å². The van der Waals surface area contributed by atoms with Crippen LogP contribution >= 0.6 is 0 Å². The van der Waals surface area contributed by atoms with Crippen LogP contribution in [0.4, 0.5) is 0 Å². The molecule has 3 rings (SSSR count). The molecule has 0 amide bonds. The number of aromatic nitrogens is 2. The predicted octanol–water partition coefficient (Wildman–Crippen LogP) is 3.49. The van der Waals surface area contributed by atoms with Crippen molar-refractivity contribution in [2.45, 2.75) is 26.4 Å². The molecule has 0 spiro atoms. The van der Waals surface area contributed by atoms with Gasteiger partial charge >= 0.3 is 0 Å². The van der Waals surface area contributed by atoms with Gasteiger partial charge in [0.05, 0.1) is 12.0 Å². The van der Waals surface area contributed by atoms with Gasteiger partial charge in [0, 0.05) is 25.0 Å². The van der Waals surface area contributed by atoms with Crippen molar-refractivity contribution in [2.24, 2.45) is 0 Å². The maximum Gasteiger partial charge on any atom is 0.263 e. The van der Waals surface area contributed by atoms with Crippen LogP contribution < -0.4 is 5.32 Å². The molecule has 108 valence electrons. The third-order valence-electron chi connectivity index (χ3n) is 3.41. The highest BCUT2D eigenvalue weighted by Gasteiger charge is 2.14. The molecule has 0 radical (unpaired) electrons. The van der Waals surface area contributed by atoms with Gasteiger partial charge in [-0.1, -0.05) is 0 Å². The highest BCUT2D eigenvalue weighted by Crippen LogP contribution is 2.22. The Morgan fingerprint density at radius 3 is 2.76 bits per heavy atom. The monoisotopic (exact) mass is 283 g/mol. The van der Waals surface area contributed by atoms with E-state index >= 15 is 0 Å². The molecule has 0 saturated carbocycles. The summed E-state index contributed by atoms with van der Waals surface area (Å²) in [4.78, 5) is 8.51. The van der Waals surface area contributed by atoms with Crippen molar-refractivity contribution in [2.75, 3.05) is 0 Å². The van der Waals surface area contributed by atoms with Gasteiger partial charge in [-0.15, -0.1) is 0 Å². The fourth-order valence-corrected chi connectivity index (χ4v) is 2.12. The van der Waals surface area contributed by atoms with Crippen LogP contribution in [0.25, 0.3) is 11.7 Å². The van der Waals surface area contributed by atoms with E-state index in [1.165, 1.54) is 5.56 Å². The van der Waals surface area contributed by atoms with Crippen LogP contribution in [0, 0.1) is 6.92 Å². The molecule has 5 heteroatoms. The standard InChI is InChI=1S/C16H17N3O2/c1-11(13-5-7-17-8-6-13)18-10-14-12(2)21-16(19-14)15-4-3-9-20-15/h3-9,11,18H,10H2,1-2H3/t11-/m0/s1. The molecule has 1 atom stereocenters. The summed E-state index contributed by atoms with van der Waals surface area (Å²) in [6, 6.07) is 7.87. The summed E-state index contributed by atoms with van der Waals surface area (Å²) in [5, 5.41) is 3.43. The summed E-state index contributed by atoms with van der Waals surface area (Å²) in [7, 11) is 0. The molecule has 0 aliphatic rings. The van der Waals surface area contributed by atoms with Crippen LogP contribution in [0.2, 0.25) is 0 Å². The van der Waals surface area contributed by atoms with E-state index in [0.29, 0.717) is 18.2 Å². The van der Waals surface area contributed by atoms with Crippen molar-refractivity contribution in [3.63, 3.8) is 0 Å². The second-order valence-corrected chi connectivity index (χ2v) is 4.88. The largest absolute Gasteiger partial charge is 0.459 e. The maximum atomic E-state index is 5.64. The van der Waals surface area contributed by atoms with Gasteiger partial charge in [0.2, 0.25) is 0 Å². The number of nitrogens with one attached hydrogen (secondary N) is 1. The van der Waals surface area contributed by atoms with Crippen LogP contribution in [0.1, 0.15) is 30.0 Å². The topological polar surface area (TPSA) is 64.1 Å². The average Bonchev–Trinajstić information content (AvgIpc) is 3.15. The Morgan fingerprint density at radius 2 is 2.05 bits per heavy atom. The molecular formula is C16H17N3O2. The Balaban J connectivity index is 1.68. The molecule has 0 aliphatic carbocycles. The van der Waals surface area contributed by atoms with Gasteiger partial charge in [-0.3, -0.25) is 4.98 Å². The van der Waals surface area contributed by atoms with Crippen LogP contribution in [0.5, 0.6) is 0 Å². The van der Waals surface area contributed by atoms with Gasteiger partial charge in [0.15, 0.2) is 5.76 Å². The van der Waals surface area contributed by atoms with Gasteiger partial charge in [-0.2, -0.15) is 0 Å². The summed E-state index contributed by atoms with van der Waals surface area (Å²) < 4.78 is 10.9. The Morgan fingerprint density at radius 1 is 1.24 bits per heavy atom. The lowest BCUT2D eigenvalue weighted by molar-refractivity contribution is 0.497. The molecular weight excluding hydrogens is 266 g/mol. The van der Waals surface area contributed by atoms with Crippen molar-refractivity contribution in [1.29, 1.82) is 0 Å². The summed E-state index contributed by atoms with van der Waals surface area (Å²) >= 11 is 0. The Labute approximate surface area is 123 Å². The Kier molecular flexibility index (Phi) is 3.83. The minimum Gasteiger partial charge on any atom is -0.459 e. The number of hydrogen-bond donors (Lipinski definition) is 1. The normalized spacial score (nSPS) is 12.5. The van der Waals surface area contributed by atoms with E-state index in [2.05, 4.69) is 22.2 Å². The molecule has 3 aromatic heterocycles. The average molecular weight is 283 g/mol. The minimum absolute atomic E-state index is 0.219. The summed E-state index contributed by atoms with van der Waals surface area (Å²) in [6.07, 6.45) is 5.20. The van der Waals surface area contributed by atoms with Gasteiger partial charge < -0.3 is 14.2 Å². The van der Waals surface area contributed by atoms with Gasteiger partial charge in [0.25, 0.3) is 5.89 Å². The van der Waals surface area contributed by atoms with E-state index < -0.39 is 0 Å². The second kappa shape index (κ2) is 5.93. The zero-order chi connectivity index (χ0) is 14.7. The van der Waals surface area contributed by atoms with Crippen molar-refractivity contribution < 1.29 is 8.83 Å². The number of oxazole rings is 1. The maximum absolute atomic E-state index is 5.64. The minimum atomic E-state index is 0.219. The van der Waals surface area contributed by atoms with E-state index in [-0.39, 0.29) is 6.04 Å². The van der Waals surface area contributed by atoms with Crippen LogP contribution in [0.3, 0.4) is 0 Å². The first-order chi connectivity index (χ1) is 10.2. The summed E-state index contributed by atoms with van der Waals surface area (Å²) in [5.41, 5.74) is 2.08. The van der Waals surface area contributed by atoms with E-state index in [1.807, 2.05) is 31.2 Å². The van der Waals surface area contributed by atoms with E-state index in [0.717, 1.165) is 11.5 Å². The first-order valence-corrected chi connectivity index (χ1v) is 6.87. The molecule has 5 nitrogen and oxygen atoms in total. The molecule has 1 N–H and O–H groups in total. The molecule has 0 bridgehead atoms. The van der Waals surface area contributed by atoms with Gasteiger partial charge in [0.1, 0.15) is 5.76 Å². The van der Waals surface area contributed by atoms with Gasteiger partial charge in [-0.05, 0) is 43.7 Å². The number of hydrogen-bond acceptors (Lipinski definition) is 5. The molecule has 3 aromatic rings. The lowest BCUT2D eigenvalue weighted by Gasteiger charge is -2.12. The molecule has 0 aromatic carbocycles. The third-order valence-corrected chi connectivity index (χ3v) is 3.41. The number of aryl methyl sites for hydroxylation is 1. The zero-order valence-corrected chi connectivity index (χ0v) is 12.0. The van der Waals surface area contributed by atoms with Crippen LogP contribution in [-0.4, -0.2) is 9.97 Å². The Bertz CT molecular complexity index is 690. The van der Waals surface area contributed by atoms with E-state index in [1.54, 1.807) is 18.7 Å². The predicted molar refractivity (Wildman–Crippen MR) is 78.4 cm³/mol. The first-order valence-electron chi connectivity index (χ1n) is 6.87. The molecule has 0 saturated heterocycles. The Hall–Kier alpha value is -2.40. The zero-order valence-electron chi connectivity index (χ0n) is 12.0. The first kappa shape index (κ1) is 13.6. The fraction of sp³-hybridized carbons (Fsp3) is 0.250. The number of rotatable bonds is 5. The number of furan rings is 1. The summed E-state index contributed by atoms with van der Waals surface area (Å²) in [5.74, 6) is 1.97. The van der Waals surface area contributed by atoms with Crippen molar-refractivity contribution in [3.05, 3.63) is 59.9 Å². The molecule has 0 fully saturated rings. The van der Waals surface area contributed by atoms with Crippen molar-refractivity contribution in [1.82, 2.24) is 15.3 Å². The quantitative estimate of drug-likeness (QED) is 0.776. The molecule has 0 aliphatic heterocycles. The lowest BCUT2D eigenvalue weighted by atomic mass is 10.1. The van der Waals surface area contributed by atoms with Gasteiger partial charge in [-0.25, -0.2) is 4.98 Å². The van der Waals surface area contributed by atoms with E-state index in [4.69, 9.17) is 8.83 Å². The number of pyridine rings is 1. The third kappa shape index (κ3) is 3.03. The van der Waals surface area contributed by atoms with E-state index in [9.17, 15) is 0 Å². The fourth-order valence-electron chi connectivity index (χ4n) is 2.12. The summed E-state index contributed by atoms with van der Waals surface area (Å²) in [6.45, 7) is 4.66. The number of nitrogens with zero attached hydrogens (tertiary/aromatic N) is 2. The smallest absolute Gasteiger partial charge is 0.263 e. The van der Waals surface area contributed by atoms with Crippen LogP contribution in [-0.2, 0) is 6.54 Å².